The van der Waals surface area contributed by atoms with Gasteiger partial charge in [0.15, 0.2) is 0 Å². The number of rotatable bonds is 4. The summed E-state index contributed by atoms with van der Waals surface area (Å²) in [6, 6.07) is 15.1. The van der Waals surface area contributed by atoms with Crippen LogP contribution in [0.1, 0.15) is 5.56 Å². The molecule has 0 amide bonds. The van der Waals surface area contributed by atoms with Gasteiger partial charge >= 0.3 is 5.97 Å². The van der Waals surface area contributed by atoms with E-state index in [1.807, 2.05) is 42.5 Å². The molecule has 0 aliphatic heterocycles. The van der Waals surface area contributed by atoms with Crippen LogP contribution in [-0.4, -0.2) is 28.0 Å². The van der Waals surface area contributed by atoms with Crippen molar-refractivity contribution in [2.24, 2.45) is 0 Å². The molecule has 0 saturated carbocycles. The lowest BCUT2D eigenvalue weighted by molar-refractivity contribution is -0.139. The minimum absolute atomic E-state index is 0.214. The van der Waals surface area contributed by atoms with Crippen LogP contribution >= 0.6 is 0 Å². The third-order valence-electron chi connectivity index (χ3n) is 3.34. The van der Waals surface area contributed by atoms with E-state index in [0.717, 1.165) is 22.6 Å². The smallest absolute Gasteiger partial charge is 0.309 e. The van der Waals surface area contributed by atoms with Gasteiger partial charge in [0.2, 0.25) is 0 Å². The second-order valence-corrected chi connectivity index (χ2v) is 4.93. The van der Waals surface area contributed by atoms with E-state index in [9.17, 15) is 4.79 Å². The molecule has 0 aliphatic rings. The van der Waals surface area contributed by atoms with Crippen molar-refractivity contribution in [1.82, 2.24) is 15.0 Å². The molecule has 5 nitrogen and oxygen atoms in total. The van der Waals surface area contributed by atoms with Crippen molar-refractivity contribution in [2.75, 3.05) is 7.11 Å². The molecule has 3 aromatic heterocycles. The average Bonchev–Trinajstić information content (AvgIpc) is 2.63. The Morgan fingerprint density at radius 2 is 1.65 bits per heavy atom. The Morgan fingerprint density at radius 1 is 0.913 bits per heavy atom. The lowest BCUT2D eigenvalue weighted by Crippen LogP contribution is -2.04. The van der Waals surface area contributed by atoms with Crippen molar-refractivity contribution in [3.63, 3.8) is 0 Å². The van der Waals surface area contributed by atoms with Gasteiger partial charge in [-0.3, -0.25) is 14.8 Å². The fourth-order valence-electron chi connectivity index (χ4n) is 2.20. The summed E-state index contributed by atoms with van der Waals surface area (Å²) >= 11 is 0. The van der Waals surface area contributed by atoms with Gasteiger partial charge in [0.1, 0.15) is 0 Å². The number of carbonyl (C=O) groups is 1. The van der Waals surface area contributed by atoms with Gasteiger partial charge in [0.05, 0.1) is 36.3 Å². The van der Waals surface area contributed by atoms with Crippen LogP contribution in [0.4, 0.5) is 0 Å². The van der Waals surface area contributed by atoms with E-state index >= 15 is 0 Å². The number of pyridine rings is 3. The van der Waals surface area contributed by atoms with Crippen LogP contribution in [-0.2, 0) is 16.0 Å². The molecule has 0 bridgehead atoms. The van der Waals surface area contributed by atoms with Crippen molar-refractivity contribution >= 4 is 5.97 Å². The number of carbonyl (C=O) groups excluding carboxylic acids is 1. The second-order valence-electron chi connectivity index (χ2n) is 4.93. The third kappa shape index (κ3) is 3.58. The number of esters is 1. The zero-order valence-corrected chi connectivity index (χ0v) is 12.6. The van der Waals surface area contributed by atoms with E-state index in [4.69, 9.17) is 4.74 Å². The van der Waals surface area contributed by atoms with Gasteiger partial charge in [-0.15, -0.1) is 0 Å². The standard InChI is InChI=1S/C18H15N3O2/c1-23-18(22)12-13-8-10-20-17(11-13)16-7-4-6-15(21-16)14-5-2-3-9-19-14/h2-11H,12H2,1H3. The highest BCUT2D eigenvalue weighted by Crippen LogP contribution is 2.20. The molecular weight excluding hydrogens is 290 g/mol. The van der Waals surface area contributed by atoms with Crippen molar-refractivity contribution in [2.45, 2.75) is 6.42 Å². The topological polar surface area (TPSA) is 65.0 Å². The van der Waals surface area contributed by atoms with E-state index < -0.39 is 0 Å². The second kappa shape index (κ2) is 6.79. The first-order valence-electron chi connectivity index (χ1n) is 7.17. The number of methoxy groups -OCH3 is 1. The molecular formula is C18H15N3O2. The number of hydrogen-bond donors (Lipinski definition) is 0. The van der Waals surface area contributed by atoms with Crippen LogP contribution in [0.15, 0.2) is 60.9 Å². The Labute approximate surface area is 134 Å². The molecule has 3 rings (SSSR count). The molecule has 0 N–H and O–H groups in total. The Balaban J connectivity index is 1.93. The average molecular weight is 305 g/mol. The van der Waals surface area contributed by atoms with E-state index in [1.54, 1.807) is 18.5 Å². The molecule has 0 atom stereocenters. The molecule has 0 aliphatic carbocycles. The molecule has 0 saturated heterocycles. The Kier molecular flexibility index (Phi) is 4.38. The summed E-state index contributed by atoms with van der Waals surface area (Å²) in [7, 11) is 1.38. The van der Waals surface area contributed by atoms with Gasteiger partial charge in [-0.2, -0.15) is 0 Å². The molecule has 114 valence electrons. The van der Waals surface area contributed by atoms with Crippen molar-refractivity contribution in [3.05, 3.63) is 66.5 Å². The summed E-state index contributed by atoms with van der Waals surface area (Å²) in [5, 5.41) is 0. The minimum Gasteiger partial charge on any atom is -0.469 e. The van der Waals surface area contributed by atoms with E-state index in [0.29, 0.717) is 5.69 Å². The summed E-state index contributed by atoms with van der Waals surface area (Å²) in [5.74, 6) is -0.280. The molecule has 5 heteroatoms. The maximum atomic E-state index is 11.4. The first kappa shape index (κ1) is 14.8. The molecule has 23 heavy (non-hydrogen) atoms. The Morgan fingerprint density at radius 3 is 2.39 bits per heavy atom. The number of ether oxygens (including phenoxy) is 1. The number of hydrogen-bond acceptors (Lipinski definition) is 5. The van der Waals surface area contributed by atoms with Crippen LogP contribution < -0.4 is 0 Å². The highest BCUT2D eigenvalue weighted by Gasteiger charge is 2.08. The predicted molar refractivity (Wildman–Crippen MR) is 86.4 cm³/mol. The maximum Gasteiger partial charge on any atom is 0.309 e. The summed E-state index contributed by atoms with van der Waals surface area (Å²) in [4.78, 5) is 24.7. The van der Waals surface area contributed by atoms with Gasteiger partial charge in [0, 0.05) is 12.4 Å². The van der Waals surface area contributed by atoms with Gasteiger partial charge in [-0.1, -0.05) is 12.1 Å². The lowest BCUT2D eigenvalue weighted by atomic mass is 10.1. The van der Waals surface area contributed by atoms with Crippen LogP contribution in [0, 0.1) is 0 Å². The molecule has 0 unspecified atom stereocenters. The third-order valence-corrected chi connectivity index (χ3v) is 3.34. The summed E-state index contributed by atoms with van der Waals surface area (Å²) in [6.07, 6.45) is 3.62. The number of nitrogens with zero attached hydrogens (tertiary/aromatic N) is 3. The fraction of sp³-hybridized carbons (Fsp3) is 0.111. The first-order valence-corrected chi connectivity index (χ1v) is 7.17. The Bertz CT molecular complexity index is 819. The molecule has 0 radical (unpaired) electrons. The first-order chi connectivity index (χ1) is 11.3. The maximum absolute atomic E-state index is 11.4. The molecule has 3 heterocycles. The quantitative estimate of drug-likeness (QED) is 0.693. The normalized spacial score (nSPS) is 10.3. The number of aromatic nitrogens is 3. The molecule has 0 fully saturated rings. The zero-order valence-electron chi connectivity index (χ0n) is 12.6. The lowest BCUT2D eigenvalue weighted by Gasteiger charge is -2.06. The van der Waals surface area contributed by atoms with E-state index in [1.165, 1.54) is 7.11 Å². The van der Waals surface area contributed by atoms with Crippen LogP contribution in [0.3, 0.4) is 0 Å². The van der Waals surface area contributed by atoms with Crippen LogP contribution in [0.2, 0.25) is 0 Å². The zero-order chi connectivity index (χ0) is 16.1. The Hall–Kier alpha value is -3.08. The summed E-state index contributed by atoms with van der Waals surface area (Å²) in [6.45, 7) is 0. The summed E-state index contributed by atoms with van der Waals surface area (Å²) in [5.41, 5.74) is 3.87. The van der Waals surface area contributed by atoms with Gasteiger partial charge < -0.3 is 4.74 Å². The SMILES string of the molecule is COC(=O)Cc1ccnc(-c2cccc(-c3ccccn3)n2)c1. The molecule has 0 spiro atoms. The molecule has 0 aromatic carbocycles. The van der Waals surface area contributed by atoms with Gasteiger partial charge in [-0.05, 0) is 42.0 Å². The fourth-order valence-corrected chi connectivity index (χ4v) is 2.20. The van der Waals surface area contributed by atoms with Gasteiger partial charge in [-0.25, -0.2) is 4.98 Å². The highest BCUT2D eigenvalue weighted by atomic mass is 16.5. The van der Waals surface area contributed by atoms with Crippen molar-refractivity contribution < 1.29 is 9.53 Å². The molecule has 3 aromatic rings. The predicted octanol–water partition coefficient (Wildman–Crippen LogP) is 2.92. The monoisotopic (exact) mass is 305 g/mol. The largest absolute Gasteiger partial charge is 0.469 e. The van der Waals surface area contributed by atoms with Crippen LogP contribution in [0.5, 0.6) is 0 Å². The van der Waals surface area contributed by atoms with E-state index in [2.05, 4.69) is 15.0 Å². The van der Waals surface area contributed by atoms with Crippen molar-refractivity contribution in [1.29, 1.82) is 0 Å². The van der Waals surface area contributed by atoms with E-state index in [-0.39, 0.29) is 12.4 Å². The van der Waals surface area contributed by atoms with Crippen LogP contribution in [0.25, 0.3) is 22.8 Å². The minimum atomic E-state index is -0.280. The van der Waals surface area contributed by atoms with Crippen molar-refractivity contribution in [3.8, 4) is 22.8 Å². The highest BCUT2D eigenvalue weighted by molar-refractivity contribution is 5.73. The van der Waals surface area contributed by atoms with Gasteiger partial charge in [0.25, 0.3) is 0 Å². The summed E-state index contributed by atoms with van der Waals surface area (Å²) < 4.78 is 4.69.